The first kappa shape index (κ1) is 19.2. The molecular weight excluding hydrogens is 400 g/mol. The number of aliphatic carboxylic acids is 1. The predicted octanol–water partition coefficient (Wildman–Crippen LogP) is 0.780. The van der Waals surface area contributed by atoms with Crippen LogP contribution in [0.2, 0.25) is 5.02 Å². The molecule has 1 aromatic carbocycles. The Morgan fingerprint density at radius 1 is 1.35 bits per heavy atom. The van der Waals surface area contributed by atoms with E-state index in [1.54, 1.807) is 17.0 Å². The van der Waals surface area contributed by atoms with E-state index in [2.05, 4.69) is 4.99 Å². The van der Waals surface area contributed by atoms with Gasteiger partial charge >= 0.3 is 0 Å². The molecule has 2 atom stereocenters. The molecule has 1 aromatic rings. The van der Waals surface area contributed by atoms with Crippen LogP contribution in [0.4, 0.5) is 5.69 Å². The van der Waals surface area contributed by atoms with Crippen LogP contribution in [0, 0.1) is 6.92 Å². The maximum Gasteiger partial charge on any atom is 0.248 e. The summed E-state index contributed by atoms with van der Waals surface area (Å²) in [5, 5.41) is 11.2. The van der Waals surface area contributed by atoms with Gasteiger partial charge in [-0.2, -0.15) is 4.99 Å². The van der Waals surface area contributed by atoms with Crippen molar-refractivity contribution in [3.63, 3.8) is 0 Å². The molecule has 7 nitrogen and oxygen atoms in total. The quantitative estimate of drug-likeness (QED) is 0.715. The lowest BCUT2D eigenvalue weighted by Crippen LogP contribution is -2.37. The molecule has 1 amide bonds. The van der Waals surface area contributed by atoms with Gasteiger partial charge in [0, 0.05) is 28.4 Å². The number of sulfone groups is 1. The Bertz CT molecular complexity index is 900. The van der Waals surface area contributed by atoms with Gasteiger partial charge in [-0.25, -0.2) is 8.42 Å². The number of hydrogen-bond acceptors (Lipinski definition) is 6. The summed E-state index contributed by atoms with van der Waals surface area (Å²) in [5.41, 5.74) is 1.53. The lowest BCUT2D eigenvalue weighted by Gasteiger charge is -2.25. The number of carbonyl (C=O) groups excluding carboxylic acids is 2. The summed E-state index contributed by atoms with van der Waals surface area (Å²) in [6.45, 7) is 1.85. The normalized spacial score (nSPS) is 25.5. The van der Waals surface area contributed by atoms with E-state index in [1.807, 2.05) is 13.0 Å². The Hall–Kier alpha value is -1.58. The van der Waals surface area contributed by atoms with Crippen LogP contribution < -0.4 is 10.0 Å². The van der Waals surface area contributed by atoms with Crippen LogP contribution >= 0.6 is 23.4 Å². The van der Waals surface area contributed by atoms with Crippen molar-refractivity contribution in [3.05, 3.63) is 28.8 Å². The number of rotatable bonds is 4. The van der Waals surface area contributed by atoms with E-state index in [0.29, 0.717) is 15.9 Å². The molecule has 0 radical (unpaired) electrons. The highest BCUT2D eigenvalue weighted by Crippen LogP contribution is 2.41. The van der Waals surface area contributed by atoms with Crippen molar-refractivity contribution in [2.75, 3.05) is 16.4 Å². The fourth-order valence-corrected chi connectivity index (χ4v) is 7.08. The van der Waals surface area contributed by atoms with Crippen LogP contribution in [-0.4, -0.2) is 48.3 Å². The van der Waals surface area contributed by atoms with Crippen LogP contribution in [0.15, 0.2) is 23.2 Å². The van der Waals surface area contributed by atoms with Crippen molar-refractivity contribution in [3.8, 4) is 0 Å². The zero-order valence-electron chi connectivity index (χ0n) is 13.8. The van der Waals surface area contributed by atoms with Gasteiger partial charge in [0.15, 0.2) is 15.0 Å². The molecule has 0 spiro atoms. The molecule has 2 heterocycles. The maximum atomic E-state index is 12.0. The van der Waals surface area contributed by atoms with E-state index in [4.69, 9.17) is 11.6 Å². The number of thioether (sulfide) groups is 1. The highest BCUT2D eigenvalue weighted by molar-refractivity contribution is 8.16. The van der Waals surface area contributed by atoms with Crippen molar-refractivity contribution < 1.29 is 23.1 Å². The smallest absolute Gasteiger partial charge is 0.248 e. The lowest BCUT2D eigenvalue weighted by molar-refractivity contribution is -0.305. The number of hydrogen-bond donors (Lipinski definition) is 0. The van der Waals surface area contributed by atoms with Crippen LogP contribution in [-0.2, 0) is 19.4 Å². The molecule has 3 rings (SSSR count). The molecule has 0 unspecified atom stereocenters. The van der Waals surface area contributed by atoms with Crippen molar-refractivity contribution >= 4 is 55.9 Å². The van der Waals surface area contributed by atoms with E-state index in [1.165, 1.54) is 11.8 Å². The maximum absolute atomic E-state index is 12.0. The van der Waals surface area contributed by atoms with E-state index in [-0.39, 0.29) is 29.2 Å². The van der Waals surface area contributed by atoms with E-state index < -0.39 is 28.1 Å². The standard InChI is InChI=1S/C16H17ClN2O5S2/c1-9-2-3-10(6-11(9)17)19-12-7-26(23,24)8-13(12)25-16(19)18-14(20)4-5-15(21)22/h2-3,6,12-13H,4-5,7-8H2,1H3,(H,21,22)/p-1/t12-,13-/m0/s1. The first-order valence-corrected chi connectivity index (χ1v) is 11.0. The predicted molar refractivity (Wildman–Crippen MR) is 99.2 cm³/mol. The Morgan fingerprint density at radius 3 is 2.73 bits per heavy atom. The number of amides is 1. The van der Waals surface area contributed by atoms with E-state index in [9.17, 15) is 23.1 Å². The van der Waals surface area contributed by atoms with Gasteiger partial charge in [0.2, 0.25) is 5.91 Å². The summed E-state index contributed by atoms with van der Waals surface area (Å²) in [6, 6.07) is 4.99. The highest BCUT2D eigenvalue weighted by atomic mass is 35.5. The van der Waals surface area contributed by atoms with Gasteiger partial charge < -0.3 is 14.8 Å². The minimum atomic E-state index is -3.16. The topological polar surface area (TPSA) is 107 Å². The molecule has 0 aromatic heterocycles. The number of benzene rings is 1. The number of anilines is 1. The second-order valence-electron chi connectivity index (χ2n) is 6.26. The largest absolute Gasteiger partial charge is 0.550 e. The molecule has 0 aliphatic carbocycles. The average molecular weight is 416 g/mol. The minimum absolute atomic E-state index is 0.0185. The van der Waals surface area contributed by atoms with Crippen molar-refractivity contribution in [2.24, 2.45) is 4.99 Å². The Morgan fingerprint density at radius 2 is 2.08 bits per heavy atom. The number of aliphatic imine (C=N–C) groups is 1. The third kappa shape index (κ3) is 4.05. The Balaban J connectivity index is 1.94. The number of amidine groups is 1. The monoisotopic (exact) mass is 415 g/mol. The van der Waals surface area contributed by atoms with E-state index >= 15 is 0 Å². The molecule has 2 aliphatic rings. The Kier molecular flexibility index (Phi) is 5.32. The fraction of sp³-hybridized carbons (Fsp3) is 0.438. The Labute approximate surface area is 160 Å². The minimum Gasteiger partial charge on any atom is -0.550 e. The molecule has 2 fully saturated rings. The summed E-state index contributed by atoms with van der Waals surface area (Å²) in [7, 11) is -3.16. The molecule has 0 saturated carbocycles. The number of carboxylic acids is 1. The van der Waals surface area contributed by atoms with Crippen molar-refractivity contribution in [1.82, 2.24) is 0 Å². The molecule has 0 N–H and O–H groups in total. The van der Waals surface area contributed by atoms with Gasteiger partial charge in [0.25, 0.3) is 0 Å². The zero-order chi connectivity index (χ0) is 19.1. The molecule has 26 heavy (non-hydrogen) atoms. The second kappa shape index (κ2) is 7.21. The average Bonchev–Trinajstić information content (AvgIpc) is 2.99. The number of aryl methyl sites for hydroxylation is 1. The first-order chi connectivity index (χ1) is 12.2. The van der Waals surface area contributed by atoms with Gasteiger partial charge in [-0.3, -0.25) is 4.79 Å². The number of nitrogens with zero attached hydrogens (tertiary/aromatic N) is 2. The SMILES string of the molecule is Cc1ccc(N2C(=NC(=O)CCC(=O)[O-])S[C@H]3CS(=O)(=O)C[C@@H]32)cc1Cl. The molecule has 140 valence electrons. The third-order valence-electron chi connectivity index (χ3n) is 4.26. The number of fused-ring (bicyclic) bond motifs is 1. The van der Waals surface area contributed by atoms with E-state index in [0.717, 1.165) is 5.56 Å². The number of carbonyl (C=O) groups is 2. The lowest BCUT2D eigenvalue weighted by atomic mass is 10.1. The summed E-state index contributed by atoms with van der Waals surface area (Å²) in [5.74, 6) is -1.90. The number of halogens is 1. The summed E-state index contributed by atoms with van der Waals surface area (Å²) in [4.78, 5) is 28.3. The van der Waals surface area contributed by atoms with Gasteiger partial charge in [0.1, 0.15) is 0 Å². The van der Waals surface area contributed by atoms with Gasteiger partial charge in [-0.1, -0.05) is 29.4 Å². The van der Waals surface area contributed by atoms with Gasteiger partial charge in [-0.15, -0.1) is 0 Å². The summed E-state index contributed by atoms with van der Waals surface area (Å²) < 4.78 is 24.0. The summed E-state index contributed by atoms with van der Waals surface area (Å²) >= 11 is 7.43. The molecule has 2 aliphatic heterocycles. The van der Waals surface area contributed by atoms with Crippen molar-refractivity contribution in [2.45, 2.75) is 31.1 Å². The van der Waals surface area contributed by atoms with Crippen LogP contribution in [0.1, 0.15) is 18.4 Å². The van der Waals surface area contributed by atoms with Crippen LogP contribution in [0.3, 0.4) is 0 Å². The van der Waals surface area contributed by atoms with Gasteiger partial charge in [-0.05, 0) is 31.0 Å². The van der Waals surface area contributed by atoms with Gasteiger partial charge in [0.05, 0.1) is 17.5 Å². The van der Waals surface area contributed by atoms with Crippen molar-refractivity contribution in [1.29, 1.82) is 0 Å². The third-order valence-corrected chi connectivity index (χ3v) is 7.88. The van der Waals surface area contributed by atoms with Crippen LogP contribution in [0.5, 0.6) is 0 Å². The first-order valence-electron chi connectivity index (χ1n) is 7.90. The second-order valence-corrected chi connectivity index (χ2v) is 10.0. The molecule has 0 bridgehead atoms. The fourth-order valence-electron chi connectivity index (χ4n) is 2.97. The highest BCUT2D eigenvalue weighted by Gasteiger charge is 2.49. The number of carboxylic acid groups (broad SMARTS) is 1. The molecular formula is C16H16ClN2O5S2-. The molecule has 10 heteroatoms. The summed E-state index contributed by atoms with van der Waals surface area (Å²) in [6.07, 6.45) is -0.666. The zero-order valence-corrected chi connectivity index (χ0v) is 16.2. The molecule has 2 saturated heterocycles. The van der Waals surface area contributed by atoms with Crippen LogP contribution in [0.25, 0.3) is 0 Å².